The number of rotatable bonds is 9. The average Bonchev–Trinajstić information content (AvgIpc) is 3.39. The van der Waals surface area contributed by atoms with Gasteiger partial charge in [0.25, 0.3) is 5.91 Å². The second kappa shape index (κ2) is 11.5. The highest BCUT2D eigenvalue weighted by atomic mass is 32.1. The van der Waals surface area contributed by atoms with Gasteiger partial charge >= 0.3 is 0 Å². The molecule has 1 saturated heterocycles. The molecule has 2 heterocycles. The quantitative estimate of drug-likeness (QED) is 0.478. The molecule has 1 atom stereocenters. The molecule has 0 spiro atoms. The van der Waals surface area contributed by atoms with Crippen LogP contribution < -0.4 is 10.6 Å². The van der Waals surface area contributed by atoms with E-state index in [9.17, 15) is 4.79 Å². The van der Waals surface area contributed by atoms with Crippen molar-refractivity contribution in [2.75, 3.05) is 44.6 Å². The lowest BCUT2D eigenvalue weighted by Crippen LogP contribution is -2.45. The third-order valence-electron chi connectivity index (χ3n) is 6.32. The van der Waals surface area contributed by atoms with Gasteiger partial charge in [0.05, 0.1) is 6.04 Å². The zero-order valence-corrected chi connectivity index (χ0v) is 20.4. The molecule has 1 unspecified atom stereocenters. The van der Waals surface area contributed by atoms with Crippen molar-refractivity contribution in [3.05, 3.63) is 87.6 Å². The number of hydrogen-bond acceptors (Lipinski definition) is 5. The third-order valence-corrected chi connectivity index (χ3v) is 7.05. The van der Waals surface area contributed by atoms with Crippen LogP contribution in [0.4, 0.5) is 5.69 Å². The van der Waals surface area contributed by atoms with E-state index in [1.807, 2.05) is 30.9 Å². The molecule has 0 saturated carbocycles. The van der Waals surface area contributed by atoms with Gasteiger partial charge in [0.2, 0.25) is 0 Å². The number of nitrogens with one attached hydrogen (secondary N) is 2. The van der Waals surface area contributed by atoms with E-state index in [0.717, 1.165) is 57.1 Å². The highest BCUT2D eigenvalue weighted by molar-refractivity contribution is 7.07. The van der Waals surface area contributed by atoms with Gasteiger partial charge in [-0.2, -0.15) is 11.3 Å². The Kier molecular flexibility index (Phi) is 8.15. The van der Waals surface area contributed by atoms with E-state index in [1.54, 1.807) is 11.3 Å². The summed E-state index contributed by atoms with van der Waals surface area (Å²) in [5.41, 5.74) is 5.69. The molecule has 33 heavy (non-hydrogen) atoms. The van der Waals surface area contributed by atoms with E-state index < -0.39 is 0 Å². The van der Waals surface area contributed by atoms with Crippen molar-refractivity contribution in [3.63, 3.8) is 0 Å². The number of benzene rings is 2. The number of carbonyl (C=O) groups excluding carboxylic acids is 1. The molecule has 1 fully saturated rings. The Hall–Kier alpha value is -2.67. The summed E-state index contributed by atoms with van der Waals surface area (Å²) in [6.07, 6.45) is 0. The zero-order valence-electron chi connectivity index (χ0n) is 19.6. The average molecular weight is 463 g/mol. The van der Waals surface area contributed by atoms with Crippen molar-refractivity contribution in [1.82, 2.24) is 15.1 Å². The fourth-order valence-corrected chi connectivity index (χ4v) is 5.14. The largest absolute Gasteiger partial charge is 0.381 e. The van der Waals surface area contributed by atoms with Crippen LogP contribution in [0.25, 0.3) is 0 Å². The topological polar surface area (TPSA) is 47.6 Å². The third kappa shape index (κ3) is 5.82. The van der Waals surface area contributed by atoms with Gasteiger partial charge in [0.15, 0.2) is 0 Å². The highest BCUT2D eigenvalue weighted by Crippen LogP contribution is 2.31. The van der Waals surface area contributed by atoms with E-state index in [2.05, 4.69) is 68.8 Å². The predicted molar refractivity (Wildman–Crippen MR) is 138 cm³/mol. The zero-order chi connectivity index (χ0) is 23.0. The van der Waals surface area contributed by atoms with Crippen molar-refractivity contribution in [2.24, 2.45) is 0 Å². The number of anilines is 1. The maximum Gasteiger partial charge on any atom is 0.253 e. The summed E-state index contributed by atoms with van der Waals surface area (Å²) in [6, 6.07) is 19.3. The van der Waals surface area contributed by atoms with Gasteiger partial charge in [0.1, 0.15) is 0 Å². The van der Waals surface area contributed by atoms with E-state index in [-0.39, 0.29) is 11.9 Å². The van der Waals surface area contributed by atoms with Gasteiger partial charge in [-0.3, -0.25) is 9.69 Å². The maximum atomic E-state index is 12.8. The molecule has 174 valence electrons. The molecule has 1 amide bonds. The summed E-state index contributed by atoms with van der Waals surface area (Å²) in [4.78, 5) is 17.2. The molecule has 0 bridgehead atoms. The molecular formula is C27H34N4OS. The minimum atomic E-state index is 0.102. The Labute approximate surface area is 201 Å². The highest BCUT2D eigenvalue weighted by Gasteiger charge is 2.24. The number of nitrogens with zero attached hydrogens (tertiary/aromatic N) is 2. The van der Waals surface area contributed by atoms with Crippen molar-refractivity contribution in [2.45, 2.75) is 26.4 Å². The molecule has 2 aromatic carbocycles. The van der Waals surface area contributed by atoms with E-state index >= 15 is 0 Å². The van der Waals surface area contributed by atoms with Crippen LogP contribution in [0.3, 0.4) is 0 Å². The van der Waals surface area contributed by atoms with Gasteiger partial charge in [-0.25, -0.2) is 0 Å². The lowest BCUT2D eigenvalue weighted by Gasteiger charge is -2.36. The molecule has 3 aromatic rings. The van der Waals surface area contributed by atoms with Crippen LogP contribution in [0.1, 0.15) is 46.9 Å². The van der Waals surface area contributed by atoms with Gasteiger partial charge in [-0.05, 0) is 71.6 Å². The fourth-order valence-electron chi connectivity index (χ4n) is 4.47. The maximum absolute atomic E-state index is 12.8. The van der Waals surface area contributed by atoms with Crippen LogP contribution in [0, 0.1) is 0 Å². The van der Waals surface area contributed by atoms with Gasteiger partial charge < -0.3 is 15.5 Å². The first-order chi connectivity index (χ1) is 16.2. The summed E-state index contributed by atoms with van der Waals surface area (Å²) in [5, 5.41) is 11.3. The van der Waals surface area contributed by atoms with E-state index in [0.29, 0.717) is 0 Å². The molecule has 1 aliphatic heterocycles. The van der Waals surface area contributed by atoms with Crippen LogP contribution in [-0.2, 0) is 6.54 Å². The van der Waals surface area contributed by atoms with Gasteiger partial charge in [-0.1, -0.05) is 24.3 Å². The molecule has 1 aromatic heterocycles. The van der Waals surface area contributed by atoms with E-state index in [4.69, 9.17) is 0 Å². The van der Waals surface area contributed by atoms with Crippen LogP contribution in [-0.4, -0.2) is 55.0 Å². The molecule has 4 rings (SSSR count). The minimum Gasteiger partial charge on any atom is -0.381 e. The molecular weight excluding hydrogens is 428 g/mol. The molecule has 6 heteroatoms. The summed E-state index contributed by atoms with van der Waals surface area (Å²) in [6.45, 7) is 10.3. The van der Waals surface area contributed by atoms with Crippen molar-refractivity contribution in [1.29, 1.82) is 0 Å². The minimum absolute atomic E-state index is 0.102. The SMILES string of the molecule is CCN(CC)C(=O)c1ccc(C(c2cccc(NCc3ccsc3)c2)N2CCNCC2)cc1. The molecule has 1 aliphatic rings. The number of hydrogen-bond donors (Lipinski definition) is 2. The van der Waals surface area contributed by atoms with Crippen LogP contribution >= 0.6 is 11.3 Å². The molecule has 0 aliphatic carbocycles. The Morgan fingerprint density at radius 2 is 1.82 bits per heavy atom. The Morgan fingerprint density at radius 1 is 1.06 bits per heavy atom. The smallest absolute Gasteiger partial charge is 0.253 e. The summed E-state index contributed by atoms with van der Waals surface area (Å²) in [7, 11) is 0. The number of thiophene rings is 1. The lowest BCUT2D eigenvalue weighted by atomic mass is 9.95. The van der Waals surface area contributed by atoms with E-state index in [1.165, 1.54) is 16.7 Å². The molecule has 5 nitrogen and oxygen atoms in total. The fraction of sp³-hybridized carbons (Fsp3) is 0.370. The van der Waals surface area contributed by atoms with Gasteiger partial charge in [-0.15, -0.1) is 0 Å². The summed E-state index contributed by atoms with van der Waals surface area (Å²) in [5.74, 6) is 0.102. The second-order valence-electron chi connectivity index (χ2n) is 8.40. The first kappa shape index (κ1) is 23.5. The monoisotopic (exact) mass is 462 g/mol. The predicted octanol–water partition coefficient (Wildman–Crippen LogP) is 4.84. The summed E-state index contributed by atoms with van der Waals surface area (Å²) < 4.78 is 0. The van der Waals surface area contributed by atoms with Crippen molar-refractivity contribution in [3.8, 4) is 0 Å². The Balaban J connectivity index is 1.59. The first-order valence-electron chi connectivity index (χ1n) is 11.9. The Morgan fingerprint density at radius 3 is 2.48 bits per heavy atom. The molecule has 2 N–H and O–H groups in total. The van der Waals surface area contributed by atoms with Crippen LogP contribution in [0.15, 0.2) is 65.4 Å². The van der Waals surface area contributed by atoms with Crippen molar-refractivity contribution >= 4 is 22.9 Å². The number of carbonyl (C=O) groups is 1. The standard InChI is InChI=1S/C27H34N4OS/c1-3-30(4-2)27(32)23-10-8-22(9-11-23)26(31-15-13-28-14-16-31)24-6-5-7-25(18-24)29-19-21-12-17-33-20-21/h5-12,17-18,20,26,28-29H,3-4,13-16,19H2,1-2H3. The van der Waals surface area contributed by atoms with Gasteiger partial charge in [0, 0.05) is 57.1 Å². The Bertz CT molecular complexity index is 1010. The van der Waals surface area contributed by atoms with Crippen LogP contribution in [0.2, 0.25) is 0 Å². The number of amides is 1. The lowest BCUT2D eigenvalue weighted by molar-refractivity contribution is 0.0773. The number of piperazine rings is 1. The van der Waals surface area contributed by atoms with Crippen molar-refractivity contribution < 1.29 is 4.79 Å². The second-order valence-corrected chi connectivity index (χ2v) is 9.18. The molecule has 0 radical (unpaired) electrons. The summed E-state index contributed by atoms with van der Waals surface area (Å²) >= 11 is 1.73. The van der Waals surface area contributed by atoms with Crippen LogP contribution in [0.5, 0.6) is 0 Å². The normalized spacial score (nSPS) is 15.2. The first-order valence-corrected chi connectivity index (χ1v) is 12.8.